The molecule has 3 aromatic rings. The number of fused-ring (bicyclic) bond motifs is 1. The van der Waals surface area contributed by atoms with E-state index in [1.807, 2.05) is 38.1 Å². The molecule has 2 aromatic carbocycles. The molecule has 0 radical (unpaired) electrons. The van der Waals surface area contributed by atoms with Gasteiger partial charge in [-0.05, 0) is 36.6 Å². The molecule has 1 fully saturated rings. The van der Waals surface area contributed by atoms with Gasteiger partial charge >= 0.3 is 0 Å². The number of nitrogens with zero attached hydrogens (tertiary/aromatic N) is 1. The van der Waals surface area contributed by atoms with Gasteiger partial charge in [0.1, 0.15) is 5.58 Å². The number of nitrogens with one attached hydrogen (secondary N) is 1. The summed E-state index contributed by atoms with van der Waals surface area (Å²) in [6.45, 7) is 7.22. The van der Waals surface area contributed by atoms with Crippen molar-refractivity contribution in [1.29, 1.82) is 0 Å². The first-order valence-electron chi connectivity index (χ1n) is 10.2. The van der Waals surface area contributed by atoms with Gasteiger partial charge in [-0.3, -0.25) is 14.5 Å². The van der Waals surface area contributed by atoms with E-state index in [2.05, 4.69) is 22.3 Å². The van der Waals surface area contributed by atoms with Crippen LogP contribution in [-0.4, -0.2) is 43.7 Å². The molecular weight excluding hydrogens is 380 g/mol. The molecule has 1 aliphatic rings. The Kier molecular flexibility index (Phi) is 5.97. The fraction of sp³-hybridized carbons (Fsp3) is 0.333. The summed E-state index contributed by atoms with van der Waals surface area (Å²) >= 11 is 0. The number of carbonyl (C=O) groups excluding carboxylic acids is 1. The first kappa shape index (κ1) is 20.3. The summed E-state index contributed by atoms with van der Waals surface area (Å²) in [5, 5.41) is 3.46. The fourth-order valence-electron chi connectivity index (χ4n) is 3.86. The molecule has 0 spiro atoms. The van der Waals surface area contributed by atoms with Crippen molar-refractivity contribution in [2.45, 2.75) is 19.9 Å². The van der Waals surface area contributed by atoms with Gasteiger partial charge in [-0.2, -0.15) is 0 Å². The molecule has 0 saturated carbocycles. The van der Waals surface area contributed by atoms with Crippen LogP contribution < -0.4 is 10.7 Å². The molecule has 6 nitrogen and oxygen atoms in total. The lowest BCUT2D eigenvalue weighted by Crippen LogP contribution is -2.43. The smallest absolute Gasteiger partial charge is 0.287 e. The Morgan fingerprint density at radius 1 is 1.10 bits per heavy atom. The molecular formula is C24H26N2O4. The van der Waals surface area contributed by atoms with Crippen LogP contribution in [0.5, 0.6) is 0 Å². The van der Waals surface area contributed by atoms with E-state index in [9.17, 15) is 9.59 Å². The quantitative estimate of drug-likeness (QED) is 0.705. The van der Waals surface area contributed by atoms with Crippen LogP contribution in [0.1, 0.15) is 33.3 Å². The number of hydrogen-bond donors (Lipinski definition) is 1. The topological polar surface area (TPSA) is 71.8 Å². The highest BCUT2D eigenvalue weighted by atomic mass is 16.5. The van der Waals surface area contributed by atoms with E-state index in [4.69, 9.17) is 9.15 Å². The van der Waals surface area contributed by atoms with Gasteiger partial charge in [0.05, 0.1) is 24.6 Å². The number of aryl methyl sites for hydroxylation is 2. The average Bonchev–Trinajstić information content (AvgIpc) is 2.78. The van der Waals surface area contributed by atoms with E-state index in [0.29, 0.717) is 30.7 Å². The molecule has 4 rings (SSSR count). The second-order valence-electron chi connectivity index (χ2n) is 7.64. The number of morpholine rings is 1. The van der Waals surface area contributed by atoms with Gasteiger partial charge in [0.2, 0.25) is 0 Å². The van der Waals surface area contributed by atoms with Crippen LogP contribution in [0.2, 0.25) is 0 Å². The van der Waals surface area contributed by atoms with Crippen molar-refractivity contribution in [1.82, 2.24) is 10.2 Å². The molecule has 1 aliphatic heterocycles. The molecule has 0 aliphatic carbocycles. The maximum absolute atomic E-state index is 12.9. The predicted molar refractivity (Wildman–Crippen MR) is 116 cm³/mol. The van der Waals surface area contributed by atoms with Crippen molar-refractivity contribution in [2.24, 2.45) is 0 Å². The van der Waals surface area contributed by atoms with Crippen LogP contribution in [-0.2, 0) is 4.74 Å². The standard InChI is InChI=1S/C24H26N2O4/c1-16-8-9-19-21(27)14-22(30-23(19)17(16)2)24(28)25-15-20(18-6-4-3-5-7-18)26-10-12-29-13-11-26/h3-9,14,20H,10-13,15H2,1-2H3,(H,25,28)/t20-/m0/s1. The Labute approximate surface area is 175 Å². The lowest BCUT2D eigenvalue weighted by molar-refractivity contribution is 0.0161. The zero-order valence-corrected chi connectivity index (χ0v) is 17.3. The van der Waals surface area contributed by atoms with Crippen molar-refractivity contribution < 1.29 is 13.9 Å². The first-order chi connectivity index (χ1) is 14.5. The van der Waals surface area contributed by atoms with Gasteiger partial charge in [0.15, 0.2) is 11.2 Å². The minimum Gasteiger partial charge on any atom is -0.450 e. The van der Waals surface area contributed by atoms with Gasteiger partial charge in [-0.1, -0.05) is 36.4 Å². The lowest BCUT2D eigenvalue weighted by atomic mass is 10.0. The van der Waals surface area contributed by atoms with Crippen LogP contribution in [0.25, 0.3) is 11.0 Å². The third kappa shape index (κ3) is 4.15. The molecule has 30 heavy (non-hydrogen) atoms. The van der Waals surface area contributed by atoms with Crippen LogP contribution in [0, 0.1) is 13.8 Å². The van der Waals surface area contributed by atoms with Gasteiger partial charge < -0.3 is 14.5 Å². The Morgan fingerprint density at radius 3 is 2.57 bits per heavy atom. The Bertz CT molecular complexity index is 1100. The van der Waals surface area contributed by atoms with E-state index >= 15 is 0 Å². The minimum atomic E-state index is -0.385. The second kappa shape index (κ2) is 8.81. The molecule has 1 aromatic heterocycles. The molecule has 0 bridgehead atoms. The summed E-state index contributed by atoms with van der Waals surface area (Å²) in [6.07, 6.45) is 0. The van der Waals surface area contributed by atoms with E-state index in [-0.39, 0.29) is 23.1 Å². The zero-order chi connectivity index (χ0) is 21.1. The van der Waals surface area contributed by atoms with Gasteiger partial charge in [-0.25, -0.2) is 0 Å². The number of amides is 1. The van der Waals surface area contributed by atoms with Crippen molar-refractivity contribution in [2.75, 3.05) is 32.8 Å². The monoisotopic (exact) mass is 406 g/mol. The average molecular weight is 406 g/mol. The van der Waals surface area contributed by atoms with Gasteiger partial charge in [-0.15, -0.1) is 0 Å². The third-order valence-corrected chi connectivity index (χ3v) is 5.77. The summed E-state index contributed by atoms with van der Waals surface area (Å²) < 4.78 is 11.3. The molecule has 0 unspecified atom stereocenters. The molecule has 2 heterocycles. The third-order valence-electron chi connectivity index (χ3n) is 5.77. The highest BCUT2D eigenvalue weighted by Crippen LogP contribution is 2.22. The Morgan fingerprint density at radius 2 is 1.83 bits per heavy atom. The maximum Gasteiger partial charge on any atom is 0.287 e. The molecule has 156 valence electrons. The lowest BCUT2D eigenvalue weighted by Gasteiger charge is -2.34. The summed E-state index contributed by atoms with van der Waals surface area (Å²) in [5.41, 5.74) is 3.28. The normalized spacial score (nSPS) is 15.8. The predicted octanol–water partition coefficient (Wildman–Crippen LogP) is 3.21. The van der Waals surface area contributed by atoms with Crippen LogP contribution in [0.15, 0.2) is 57.7 Å². The minimum absolute atomic E-state index is 0.0233. The maximum atomic E-state index is 12.9. The Balaban J connectivity index is 1.57. The number of benzene rings is 2. The number of rotatable bonds is 5. The molecule has 6 heteroatoms. The van der Waals surface area contributed by atoms with Crippen LogP contribution in [0.4, 0.5) is 0 Å². The van der Waals surface area contributed by atoms with E-state index in [0.717, 1.165) is 29.8 Å². The number of hydrogen-bond acceptors (Lipinski definition) is 5. The summed E-state index contributed by atoms with van der Waals surface area (Å²) in [6, 6.07) is 15.0. The number of ether oxygens (including phenoxy) is 1. The van der Waals surface area contributed by atoms with E-state index < -0.39 is 0 Å². The Hall–Kier alpha value is -2.96. The fourth-order valence-corrected chi connectivity index (χ4v) is 3.86. The van der Waals surface area contributed by atoms with E-state index in [1.165, 1.54) is 6.07 Å². The second-order valence-corrected chi connectivity index (χ2v) is 7.64. The molecule has 1 amide bonds. The summed E-state index contributed by atoms with van der Waals surface area (Å²) in [7, 11) is 0. The SMILES string of the molecule is Cc1ccc2c(=O)cc(C(=O)NC[C@@H](c3ccccc3)N3CCOCC3)oc2c1C. The molecule has 1 N–H and O–H groups in total. The molecule has 1 saturated heterocycles. The summed E-state index contributed by atoms with van der Waals surface area (Å²) in [5.74, 6) is -0.348. The van der Waals surface area contributed by atoms with Crippen LogP contribution >= 0.6 is 0 Å². The highest BCUT2D eigenvalue weighted by molar-refractivity contribution is 5.93. The van der Waals surface area contributed by atoms with Crippen molar-refractivity contribution in [3.63, 3.8) is 0 Å². The zero-order valence-electron chi connectivity index (χ0n) is 17.3. The van der Waals surface area contributed by atoms with Gasteiger partial charge in [0.25, 0.3) is 5.91 Å². The van der Waals surface area contributed by atoms with Crippen molar-refractivity contribution in [3.05, 3.63) is 81.2 Å². The highest BCUT2D eigenvalue weighted by Gasteiger charge is 2.24. The first-order valence-corrected chi connectivity index (χ1v) is 10.2. The number of carbonyl (C=O) groups is 1. The van der Waals surface area contributed by atoms with E-state index in [1.54, 1.807) is 6.07 Å². The summed E-state index contributed by atoms with van der Waals surface area (Å²) in [4.78, 5) is 27.7. The van der Waals surface area contributed by atoms with Crippen molar-refractivity contribution in [3.8, 4) is 0 Å². The van der Waals surface area contributed by atoms with Gasteiger partial charge in [0, 0.05) is 25.7 Å². The largest absolute Gasteiger partial charge is 0.450 e. The van der Waals surface area contributed by atoms with Crippen molar-refractivity contribution >= 4 is 16.9 Å². The van der Waals surface area contributed by atoms with Crippen LogP contribution in [0.3, 0.4) is 0 Å². The molecule has 1 atom stereocenters.